The second-order valence-corrected chi connectivity index (χ2v) is 12.6. The van der Waals surface area contributed by atoms with Gasteiger partial charge >= 0.3 is 0 Å². The Morgan fingerprint density at radius 2 is 1.74 bits per heavy atom. The molecule has 3 saturated carbocycles. The van der Waals surface area contributed by atoms with Gasteiger partial charge in [0.25, 0.3) is 0 Å². The maximum atomic E-state index is 10.2. The Labute approximate surface area is 191 Å². The normalized spacial score (nSPS) is 37.6. The van der Waals surface area contributed by atoms with E-state index in [-0.39, 0.29) is 0 Å². The van der Waals surface area contributed by atoms with Gasteiger partial charge in [0.15, 0.2) is 0 Å². The molecule has 3 aliphatic carbocycles. The Bertz CT molecular complexity index is 693. The van der Waals surface area contributed by atoms with Crippen molar-refractivity contribution in [1.82, 2.24) is 0 Å². The molecule has 2 N–H and O–H groups in total. The highest BCUT2D eigenvalue weighted by molar-refractivity contribution is 5.29. The molecule has 176 valence electrons. The van der Waals surface area contributed by atoms with Crippen molar-refractivity contribution in [2.45, 2.75) is 112 Å². The first-order valence-corrected chi connectivity index (χ1v) is 12.9. The standard InChI is InChI=1S/C29H48O2/c1-19(14-16-28(4,5)6)20(2)24-12-13-25-23(9-8-15-29(24,25)7)11-10-22-17-26(30)21(3)27(31)18-22/h10-11,19-20,24-27,30-31H,3,8-9,12-18H2,1-2,4-7H3/b23-11+/t19-,20-,24-,25?,26-,27-,29-/m1/s1. The van der Waals surface area contributed by atoms with Crippen molar-refractivity contribution in [1.29, 1.82) is 0 Å². The summed E-state index contributed by atoms with van der Waals surface area (Å²) >= 11 is 0. The number of hydrogen-bond acceptors (Lipinski definition) is 2. The first kappa shape index (κ1) is 24.8. The van der Waals surface area contributed by atoms with E-state index in [9.17, 15) is 10.2 Å². The van der Waals surface area contributed by atoms with E-state index in [2.05, 4.69) is 60.3 Å². The van der Waals surface area contributed by atoms with Crippen molar-refractivity contribution in [3.05, 3.63) is 35.5 Å². The van der Waals surface area contributed by atoms with Crippen molar-refractivity contribution in [2.24, 2.45) is 34.5 Å². The van der Waals surface area contributed by atoms with E-state index in [1.165, 1.54) is 44.9 Å². The van der Waals surface area contributed by atoms with Crippen LogP contribution < -0.4 is 0 Å². The molecule has 0 bridgehead atoms. The SMILES string of the molecule is C=C1[C@H](O)CC(=C/C=C2\CCC[C@@]3(C)C2CC[C@@H]3[C@H](C)[C@H](C)CCC(C)(C)C)C[C@H]1O. The fraction of sp³-hybridized carbons (Fsp3) is 0.793. The summed E-state index contributed by atoms with van der Waals surface area (Å²) in [6.07, 6.45) is 13.8. The lowest BCUT2D eigenvalue weighted by atomic mass is 9.59. The molecule has 2 nitrogen and oxygen atoms in total. The predicted molar refractivity (Wildman–Crippen MR) is 132 cm³/mol. The van der Waals surface area contributed by atoms with Crippen molar-refractivity contribution in [3.63, 3.8) is 0 Å². The molecule has 0 saturated heterocycles. The summed E-state index contributed by atoms with van der Waals surface area (Å²) in [7, 11) is 0. The van der Waals surface area contributed by atoms with E-state index >= 15 is 0 Å². The van der Waals surface area contributed by atoms with Crippen molar-refractivity contribution < 1.29 is 10.2 Å². The lowest BCUT2D eigenvalue weighted by Gasteiger charge is -2.45. The predicted octanol–water partition coefficient (Wildman–Crippen LogP) is 7.23. The summed E-state index contributed by atoms with van der Waals surface area (Å²) in [6, 6.07) is 0. The second-order valence-electron chi connectivity index (χ2n) is 12.6. The minimum absolute atomic E-state index is 0.428. The Kier molecular flexibility index (Phi) is 7.64. The zero-order valence-corrected chi connectivity index (χ0v) is 21.1. The average Bonchev–Trinajstić information content (AvgIpc) is 3.04. The van der Waals surface area contributed by atoms with Gasteiger partial charge in [-0.1, -0.05) is 71.4 Å². The summed E-state index contributed by atoms with van der Waals surface area (Å²) in [5.41, 5.74) is 4.20. The van der Waals surface area contributed by atoms with Crippen molar-refractivity contribution in [3.8, 4) is 0 Å². The molecule has 7 atom stereocenters. The van der Waals surface area contributed by atoms with Crippen LogP contribution >= 0.6 is 0 Å². The lowest BCUT2D eigenvalue weighted by Crippen LogP contribution is -2.37. The van der Waals surface area contributed by atoms with Crippen LogP contribution in [0.25, 0.3) is 0 Å². The van der Waals surface area contributed by atoms with E-state index in [1.54, 1.807) is 5.57 Å². The molecule has 0 amide bonds. The molecular formula is C29H48O2. The van der Waals surface area contributed by atoms with E-state index in [4.69, 9.17) is 0 Å². The average molecular weight is 429 g/mol. The third-order valence-electron chi connectivity index (χ3n) is 9.22. The van der Waals surface area contributed by atoms with Crippen LogP contribution in [0, 0.1) is 34.5 Å². The fourth-order valence-corrected chi connectivity index (χ4v) is 6.89. The van der Waals surface area contributed by atoms with Crippen LogP contribution in [-0.4, -0.2) is 22.4 Å². The molecule has 0 aromatic rings. The summed E-state index contributed by atoms with van der Waals surface area (Å²) < 4.78 is 0. The maximum Gasteiger partial charge on any atom is 0.0809 e. The zero-order valence-electron chi connectivity index (χ0n) is 21.1. The van der Waals surface area contributed by atoms with Gasteiger partial charge in [-0.3, -0.25) is 0 Å². The minimum atomic E-state index is -0.601. The highest BCUT2D eigenvalue weighted by Crippen LogP contribution is 2.60. The molecule has 3 rings (SSSR count). The molecule has 3 fully saturated rings. The molecule has 0 radical (unpaired) electrons. The summed E-state index contributed by atoms with van der Waals surface area (Å²) in [5.74, 6) is 3.10. The number of fused-ring (bicyclic) bond motifs is 1. The van der Waals surface area contributed by atoms with Crippen LogP contribution in [-0.2, 0) is 0 Å². The van der Waals surface area contributed by atoms with E-state index < -0.39 is 12.2 Å². The van der Waals surface area contributed by atoms with Gasteiger partial charge in [-0.2, -0.15) is 0 Å². The van der Waals surface area contributed by atoms with Crippen molar-refractivity contribution in [2.75, 3.05) is 0 Å². The van der Waals surface area contributed by atoms with Gasteiger partial charge in [0.05, 0.1) is 12.2 Å². The highest BCUT2D eigenvalue weighted by Gasteiger charge is 2.51. The molecule has 0 aromatic carbocycles. The van der Waals surface area contributed by atoms with E-state index in [0.29, 0.717) is 35.2 Å². The molecule has 0 aromatic heterocycles. The highest BCUT2D eigenvalue weighted by atomic mass is 16.3. The maximum absolute atomic E-state index is 10.2. The van der Waals surface area contributed by atoms with Gasteiger partial charge in [0.1, 0.15) is 0 Å². The van der Waals surface area contributed by atoms with Crippen LogP contribution in [0.2, 0.25) is 0 Å². The fourth-order valence-electron chi connectivity index (χ4n) is 6.89. The molecule has 0 aliphatic heterocycles. The summed E-state index contributed by atoms with van der Waals surface area (Å²) in [6.45, 7) is 18.5. The Morgan fingerprint density at radius 3 is 2.35 bits per heavy atom. The Balaban J connectivity index is 1.71. The lowest BCUT2D eigenvalue weighted by molar-refractivity contribution is 0.0714. The number of allylic oxidation sites excluding steroid dienone is 3. The van der Waals surface area contributed by atoms with Crippen LogP contribution in [0.5, 0.6) is 0 Å². The van der Waals surface area contributed by atoms with Gasteiger partial charge in [-0.05, 0) is 97.9 Å². The monoisotopic (exact) mass is 428 g/mol. The first-order chi connectivity index (χ1) is 14.4. The molecule has 0 spiro atoms. The van der Waals surface area contributed by atoms with Crippen LogP contribution in [0.15, 0.2) is 35.5 Å². The van der Waals surface area contributed by atoms with Gasteiger partial charge in [-0.25, -0.2) is 0 Å². The Hall–Kier alpha value is -0.860. The van der Waals surface area contributed by atoms with Crippen LogP contribution in [0.1, 0.15) is 99.3 Å². The zero-order chi connectivity index (χ0) is 23.0. The molecule has 31 heavy (non-hydrogen) atoms. The molecule has 0 heterocycles. The van der Waals surface area contributed by atoms with E-state index in [1.807, 2.05) is 0 Å². The number of aliphatic hydroxyl groups excluding tert-OH is 2. The van der Waals surface area contributed by atoms with Crippen LogP contribution in [0.3, 0.4) is 0 Å². The van der Waals surface area contributed by atoms with Gasteiger partial charge < -0.3 is 10.2 Å². The van der Waals surface area contributed by atoms with Gasteiger partial charge in [0, 0.05) is 0 Å². The Morgan fingerprint density at radius 1 is 1.10 bits per heavy atom. The van der Waals surface area contributed by atoms with Gasteiger partial charge in [0.2, 0.25) is 0 Å². The topological polar surface area (TPSA) is 40.5 Å². The number of hydrogen-bond donors (Lipinski definition) is 2. The first-order valence-electron chi connectivity index (χ1n) is 12.9. The van der Waals surface area contributed by atoms with Crippen LogP contribution in [0.4, 0.5) is 0 Å². The molecule has 1 unspecified atom stereocenters. The molecule has 2 heteroatoms. The molecule has 3 aliphatic rings. The largest absolute Gasteiger partial charge is 0.388 e. The third kappa shape index (κ3) is 5.56. The minimum Gasteiger partial charge on any atom is -0.388 e. The third-order valence-corrected chi connectivity index (χ3v) is 9.22. The smallest absolute Gasteiger partial charge is 0.0809 e. The van der Waals surface area contributed by atoms with Crippen molar-refractivity contribution >= 4 is 0 Å². The number of aliphatic hydroxyl groups is 2. The summed E-state index contributed by atoms with van der Waals surface area (Å²) in [5, 5.41) is 20.3. The number of rotatable bonds is 5. The quantitative estimate of drug-likeness (QED) is 0.454. The second kappa shape index (κ2) is 9.56. The van der Waals surface area contributed by atoms with E-state index in [0.717, 1.165) is 23.3 Å². The molecular weight excluding hydrogens is 380 g/mol. The van der Waals surface area contributed by atoms with Gasteiger partial charge in [-0.15, -0.1) is 0 Å². The summed E-state index contributed by atoms with van der Waals surface area (Å²) in [4.78, 5) is 0.